The van der Waals surface area contributed by atoms with Crippen LogP contribution in [0.5, 0.6) is 5.75 Å². The summed E-state index contributed by atoms with van der Waals surface area (Å²) in [5, 5.41) is 11.8. The highest BCUT2D eigenvalue weighted by Crippen LogP contribution is 2.30. The molecule has 0 aliphatic rings. The molecule has 0 atom stereocenters. The van der Waals surface area contributed by atoms with Crippen LogP contribution in [-0.2, 0) is 14.8 Å². The van der Waals surface area contributed by atoms with Crippen LogP contribution in [0.15, 0.2) is 71.6 Å². The minimum Gasteiger partial charge on any atom is -0.497 e. The molecule has 0 unspecified atom stereocenters. The Morgan fingerprint density at radius 2 is 1.61 bits per heavy atom. The lowest BCUT2D eigenvalue weighted by molar-refractivity contribution is -0.114. The van der Waals surface area contributed by atoms with E-state index in [0.29, 0.717) is 10.7 Å². The normalized spacial score (nSPS) is 11.2. The van der Waals surface area contributed by atoms with Crippen molar-refractivity contribution in [3.05, 3.63) is 83.4 Å². The maximum absolute atomic E-state index is 13.6. The molecular weight excluding hydrogens is 496 g/mol. The minimum atomic E-state index is -4.01. The van der Waals surface area contributed by atoms with E-state index in [0.717, 1.165) is 32.3 Å². The fourth-order valence-corrected chi connectivity index (χ4v) is 5.78. The van der Waals surface area contributed by atoms with Crippen molar-refractivity contribution < 1.29 is 17.9 Å². The standard InChI is InChI=1S/C26H26N4O4S2/c1-17-6-13-22(14-7-17)36(32,33)30(23-15-18(2)5-8-19(23)3)16-24(31)27-26-29-28-25(35-26)20-9-11-21(34-4)12-10-20/h5-15H,16H2,1-4H3,(H,27,29,31). The Morgan fingerprint density at radius 3 is 2.28 bits per heavy atom. The Hall–Kier alpha value is -3.76. The number of aromatic nitrogens is 2. The molecule has 186 valence electrons. The van der Waals surface area contributed by atoms with Crippen LogP contribution in [0.3, 0.4) is 0 Å². The molecule has 3 aromatic carbocycles. The van der Waals surface area contributed by atoms with Gasteiger partial charge in [0, 0.05) is 5.56 Å². The average Bonchev–Trinajstić information content (AvgIpc) is 3.32. The van der Waals surface area contributed by atoms with Gasteiger partial charge in [0.2, 0.25) is 11.0 Å². The van der Waals surface area contributed by atoms with Gasteiger partial charge in [0.25, 0.3) is 10.0 Å². The topological polar surface area (TPSA) is 101 Å². The molecular formula is C26H26N4O4S2. The quantitative estimate of drug-likeness (QED) is 0.351. The Morgan fingerprint density at radius 1 is 0.944 bits per heavy atom. The van der Waals surface area contributed by atoms with E-state index in [4.69, 9.17) is 4.74 Å². The van der Waals surface area contributed by atoms with Gasteiger partial charge in [0.15, 0.2) is 0 Å². The summed E-state index contributed by atoms with van der Waals surface area (Å²) in [6.07, 6.45) is 0. The van der Waals surface area contributed by atoms with Crippen molar-refractivity contribution in [1.29, 1.82) is 0 Å². The number of amides is 1. The number of benzene rings is 3. The molecule has 1 aromatic heterocycles. The van der Waals surface area contributed by atoms with E-state index >= 15 is 0 Å². The van der Waals surface area contributed by atoms with Crippen LogP contribution >= 0.6 is 11.3 Å². The van der Waals surface area contributed by atoms with Crippen molar-refractivity contribution in [2.24, 2.45) is 0 Å². The Labute approximate surface area is 214 Å². The average molecular weight is 523 g/mol. The first-order chi connectivity index (χ1) is 17.2. The van der Waals surface area contributed by atoms with Gasteiger partial charge in [-0.3, -0.25) is 14.4 Å². The van der Waals surface area contributed by atoms with Crippen LogP contribution in [0.4, 0.5) is 10.8 Å². The van der Waals surface area contributed by atoms with E-state index in [1.807, 2.05) is 57.2 Å². The van der Waals surface area contributed by atoms with Crippen molar-refractivity contribution in [2.75, 3.05) is 23.3 Å². The van der Waals surface area contributed by atoms with Crippen LogP contribution in [0.1, 0.15) is 16.7 Å². The molecule has 1 heterocycles. The first-order valence-electron chi connectivity index (χ1n) is 11.1. The number of hydrogen-bond donors (Lipinski definition) is 1. The number of nitrogens with zero attached hydrogens (tertiary/aromatic N) is 3. The number of hydrogen-bond acceptors (Lipinski definition) is 7. The third kappa shape index (κ3) is 5.55. The Bertz CT molecular complexity index is 1480. The highest BCUT2D eigenvalue weighted by Gasteiger charge is 2.28. The van der Waals surface area contributed by atoms with Crippen molar-refractivity contribution in [3.63, 3.8) is 0 Å². The number of methoxy groups -OCH3 is 1. The van der Waals surface area contributed by atoms with Crippen molar-refractivity contribution in [1.82, 2.24) is 10.2 Å². The van der Waals surface area contributed by atoms with Crippen molar-refractivity contribution in [3.8, 4) is 16.3 Å². The third-order valence-corrected chi connectivity index (χ3v) is 8.20. The molecule has 10 heteroatoms. The molecule has 0 spiro atoms. The molecule has 1 amide bonds. The zero-order chi connectivity index (χ0) is 25.9. The number of sulfonamides is 1. The second-order valence-electron chi connectivity index (χ2n) is 8.30. The molecule has 0 saturated heterocycles. The molecule has 0 fully saturated rings. The third-order valence-electron chi connectivity index (χ3n) is 5.54. The highest BCUT2D eigenvalue weighted by atomic mass is 32.2. The summed E-state index contributed by atoms with van der Waals surface area (Å²) in [7, 11) is -2.42. The highest BCUT2D eigenvalue weighted by molar-refractivity contribution is 7.92. The van der Waals surface area contributed by atoms with Gasteiger partial charge in [0.1, 0.15) is 17.3 Å². The molecule has 1 N–H and O–H groups in total. The fraction of sp³-hybridized carbons (Fsp3) is 0.192. The molecule has 4 rings (SSSR count). The summed E-state index contributed by atoms with van der Waals surface area (Å²) in [6, 6.07) is 19.4. The van der Waals surface area contributed by atoms with Gasteiger partial charge in [-0.25, -0.2) is 8.42 Å². The predicted octanol–water partition coefficient (Wildman–Crippen LogP) is 4.97. The minimum absolute atomic E-state index is 0.111. The van der Waals surface area contributed by atoms with Crippen LogP contribution < -0.4 is 14.4 Å². The summed E-state index contributed by atoms with van der Waals surface area (Å²) < 4.78 is 33.6. The van der Waals surface area contributed by atoms with Gasteiger partial charge >= 0.3 is 0 Å². The molecule has 0 radical (unpaired) electrons. The van der Waals surface area contributed by atoms with Crippen LogP contribution in [0.25, 0.3) is 10.6 Å². The number of rotatable bonds is 8. The first kappa shape index (κ1) is 25.3. The Kier molecular flexibility index (Phi) is 7.37. The number of aryl methyl sites for hydroxylation is 3. The maximum Gasteiger partial charge on any atom is 0.264 e. The predicted molar refractivity (Wildman–Crippen MR) is 142 cm³/mol. The number of ether oxygens (including phenoxy) is 1. The van der Waals surface area contributed by atoms with Crippen LogP contribution in [-0.4, -0.2) is 38.2 Å². The van der Waals surface area contributed by atoms with E-state index < -0.39 is 22.5 Å². The van der Waals surface area contributed by atoms with Gasteiger partial charge in [-0.15, -0.1) is 10.2 Å². The molecule has 36 heavy (non-hydrogen) atoms. The molecule has 0 aliphatic carbocycles. The summed E-state index contributed by atoms with van der Waals surface area (Å²) >= 11 is 1.20. The Balaban J connectivity index is 1.60. The smallest absolute Gasteiger partial charge is 0.264 e. The lowest BCUT2D eigenvalue weighted by Gasteiger charge is -2.26. The lowest BCUT2D eigenvalue weighted by atomic mass is 10.1. The zero-order valence-electron chi connectivity index (χ0n) is 20.3. The summed E-state index contributed by atoms with van der Waals surface area (Å²) in [4.78, 5) is 13.2. The van der Waals surface area contributed by atoms with Crippen molar-refractivity contribution >= 4 is 38.1 Å². The fourth-order valence-electron chi connectivity index (χ4n) is 3.54. The summed E-state index contributed by atoms with van der Waals surface area (Å²) in [5.74, 6) is 0.196. The van der Waals surface area contributed by atoms with Gasteiger partial charge in [-0.05, 0) is 74.4 Å². The van der Waals surface area contributed by atoms with Crippen LogP contribution in [0.2, 0.25) is 0 Å². The van der Waals surface area contributed by atoms with E-state index in [1.54, 1.807) is 37.4 Å². The summed E-state index contributed by atoms with van der Waals surface area (Å²) in [6.45, 7) is 5.16. The number of carbonyl (C=O) groups is 1. The van der Waals surface area contributed by atoms with E-state index in [1.165, 1.54) is 11.3 Å². The first-order valence-corrected chi connectivity index (χ1v) is 13.4. The van der Waals surface area contributed by atoms with Gasteiger partial charge in [-0.1, -0.05) is 41.2 Å². The summed E-state index contributed by atoms with van der Waals surface area (Å²) in [5.41, 5.74) is 3.83. The second kappa shape index (κ2) is 10.5. The van der Waals surface area contributed by atoms with Gasteiger partial charge in [-0.2, -0.15) is 0 Å². The zero-order valence-corrected chi connectivity index (χ0v) is 22.0. The van der Waals surface area contributed by atoms with E-state index in [9.17, 15) is 13.2 Å². The van der Waals surface area contributed by atoms with Gasteiger partial charge < -0.3 is 4.74 Å². The molecule has 0 aliphatic heterocycles. The van der Waals surface area contributed by atoms with E-state index in [-0.39, 0.29) is 10.0 Å². The van der Waals surface area contributed by atoms with Crippen LogP contribution in [0, 0.1) is 20.8 Å². The number of nitrogens with one attached hydrogen (secondary N) is 1. The lowest BCUT2D eigenvalue weighted by Crippen LogP contribution is -2.38. The van der Waals surface area contributed by atoms with Gasteiger partial charge in [0.05, 0.1) is 17.7 Å². The monoisotopic (exact) mass is 522 g/mol. The second-order valence-corrected chi connectivity index (χ2v) is 11.1. The molecule has 4 aromatic rings. The maximum atomic E-state index is 13.6. The van der Waals surface area contributed by atoms with Crippen molar-refractivity contribution in [2.45, 2.75) is 25.7 Å². The SMILES string of the molecule is COc1ccc(-c2nnc(NC(=O)CN(c3cc(C)ccc3C)S(=O)(=O)c3ccc(C)cc3)s2)cc1. The number of carbonyl (C=O) groups excluding carboxylic acids is 1. The number of anilines is 2. The molecule has 8 nitrogen and oxygen atoms in total. The van der Waals surface area contributed by atoms with E-state index in [2.05, 4.69) is 15.5 Å². The molecule has 0 bridgehead atoms. The largest absolute Gasteiger partial charge is 0.497 e. The molecule has 0 saturated carbocycles.